The van der Waals surface area contributed by atoms with Crippen molar-refractivity contribution < 1.29 is 17.2 Å². The molecule has 0 spiro atoms. The first-order valence-corrected chi connectivity index (χ1v) is 6.96. The number of nitrogens with one attached hydrogen (secondary N) is 1. The van der Waals surface area contributed by atoms with Crippen LogP contribution >= 0.6 is 0 Å². The molecule has 0 aliphatic rings. The molecule has 17 heavy (non-hydrogen) atoms. The summed E-state index contributed by atoms with van der Waals surface area (Å²) < 4.78 is 47.2. The van der Waals surface area contributed by atoms with Gasteiger partial charge in [-0.15, -0.1) is 0 Å². The number of hydrogen-bond acceptors (Lipinski definition) is 3. The number of hydrogen-bond donors (Lipinski definition) is 1. The third kappa shape index (κ3) is 4.30. The largest absolute Gasteiger partial charge is 0.379 e. The van der Waals surface area contributed by atoms with Gasteiger partial charge in [-0.2, -0.15) is 0 Å². The van der Waals surface area contributed by atoms with E-state index in [-0.39, 0.29) is 10.6 Å². The minimum atomic E-state index is -3.23. The van der Waals surface area contributed by atoms with Crippen LogP contribution in [0.1, 0.15) is 13.3 Å². The van der Waals surface area contributed by atoms with Crippen LogP contribution < -0.4 is 5.32 Å². The third-order valence-corrected chi connectivity index (χ3v) is 4.08. The molecule has 1 N–H and O–H groups in total. The van der Waals surface area contributed by atoms with E-state index >= 15 is 0 Å². The van der Waals surface area contributed by atoms with Crippen molar-refractivity contribution in [3.8, 4) is 0 Å². The van der Waals surface area contributed by atoms with Crippen LogP contribution in [0.2, 0.25) is 0 Å². The van der Waals surface area contributed by atoms with E-state index in [0.717, 1.165) is 0 Å². The molecule has 0 aromatic heterocycles. The lowest BCUT2D eigenvalue weighted by atomic mass is 10.3. The molecule has 0 unspecified atom stereocenters. The molecule has 0 heterocycles. The van der Waals surface area contributed by atoms with Gasteiger partial charge in [-0.1, -0.05) is 6.92 Å². The molecule has 6 heteroatoms. The molecule has 3 nitrogen and oxygen atoms in total. The average molecular weight is 263 g/mol. The second kappa shape index (κ2) is 5.95. The highest BCUT2D eigenvalue weighted by atomic mass is 32.2. The number of sulfone groups is 1. The predicted octanol–water partition coefficient (Wildman–Crippen LogP) is 2.55. The van der Waals surface area contributed by atoms with Gasteiger partial charge >= 0.3 is 0 Å². The number of halogens is 2. The van der Waals surface area contributed by atoms with E-state index in [2.05, 4.69) is 5.32 Å². The summed E-state index contributed by atoms with van der Waals surface area (Å²) in [5.74, 6) is 0.0941. The average Bonchev–Trinajstić information content (AvgIpc) is 2.27. The fraction of sp³-hybridized carbons (Fsp3) is 0.455. The Bertz CT molecular complexity index is 443. The van der Waals surface area contributed by atoms with Crippen LogP contribution in [0, 0.1) is 0 Å². The quantitative estimate of drug-likeness (QED) is 0.858. The normalized spacial score (nSPS) is 11.8. The Morgan fingerprint density at radius 1 is 1.24 bits per heavy atom. The fourth-order valence-corrected chi connectivity index (χ4v) is 2.69. The van der Waals surface area contributed by atoms with Gasteiger partial charge in [-0.25, -0.2) is 17.2 Å². The van der Waals surface area contributed by atoms with Gasteiger partial charge in [0.25, 0.3) is 6.43 Å². The molecule has 0 aliphatic carbocycles. The number of rotatable bonds is 6. The summed E-state index contributed by atoms with van der Waals surface area (Å²) in [6, 6.07) is 5.84. The number of anilines is 1. The van der Waals surface area contributed by atoms with Crippen LogP contribution in [-0.4, -0.2) is 27.1 Å². The van der Waals surface area contributed by atoms with Crippen LogP contribution in [-0.2, 0) is 9.84 Å². The molecule has 1 aromatic carbocycles. The molecule has 0 fully saturated rings. The van der Waals surface area contributed by atoms with Crippen LogP contribution in [0.4, 0.5) is 14.5 Å². The zero-order valence-corrected chi connectivity index (χ0v) is 10.3. The Morgan fingerprint density at radius 2 is 1.82 bits per heavy atom. The molecule has 1 aromatic rings. The van der Waals surface area contributed by atoms with Gasteiger partial charge in [0.1, 0.15) is 0 Å². The zero-order chi connectivity index (χ0) is 12.9. The van der Waals surface area contributed by atoms with Crippen LogP contribution in [0.25, 0.3) is 0 Å². The molecular weight excluding hydrogens is 248 g/mol. The maximum atomic E-state index is 11.9. The summed E-state index contributed by atoms with van der Waals surface area (Å²) in [6.45, 7) is 1.34. The summed E-state index contributed by atoms with van der Waals surface area (Å²) in [5.41, 5.74) is 0.487. The van der Waals surface area contributed by atoms with Crippen molar-refractivity contribution in [2.24, 2.45) is 0 Å². The van der Waals surface area contributed by atoms with Crippen molar-refractivity contribution in [3.63, 3.8) is 0 Å². The van der Waals surface area contributed by atoms with Crippen molar-refractivity contribution >= 4 is 15.5 Å². The molecule has 0 aliphatic heterocycles. The lowest BCUT2D eigenvalue weighted by molar-refractivity contribution is 0.163. The Morgan fingerprint density at radius 3 is 2.29 bits per heavy atom. The molecule has 0 radical (unpaired) electrons. The van der Waals surface area contributed by atoms with Crippen molar-refractivity contribution in [2.45, 2.75) is 24.7 Å². The van der Waals surface area contributed by atoms with E-state index in [4.69, 9.17) is 0 Å². The first kappa shape index (κ1) is 13.9. The molecular formula is C11H15F2NO2S. The minimum absolute atomic E-state index is 0.0941. The Balaban J connectivity index is 2.74. The highest BCUT2D eigenvalue weighted by molar-refractivity contribution is 7.91. The summed E-state index contributed by atoms with van der Waals surface area (Å²) in [6.07, 6.45) is -1.88. The third-order valence-electron chi connectivity index (χ3n) is 2.15. The lowest BCUT2D eigenvalue weighted by Gasteiger charge is -2.07. The van der Waals surface area contributed by atoms with Crippen molar-refractivity contribution in [1.82, 2.24) is 0 Å². The zero-order valence-electron chi connectivity index (χ0n) is 9.49. The lowest BCUT2D eigenvalue weighted by Crippen LogP contribution is -2.10. The van der Waals surface area contributed by atoms with E-state index < -0.39 is 22.8 Å². The molecule has 0 bridgehead atoms. The van der Waals surface area contributed by atoms with E-state index in [1.54, 1.807) is 6.92 Å². The van der Waals surface area contributed by atoms with Gasteiger partial charge < -0.3 is 5.32 Å². The highest BCUT2D eigenvalue weighted by Gasteiger charge is 2.12. The van der Waals surface area contributed by atoms with E-state index in [1.165, 1.54) is 24.3 Å². The first-order valence-electron chi connectivity index (χ1n) is 5.30. The SMILES string of the molecule is CCCS(=O)(=O)c1ccc(NCC(F)F)cc1. The van der Waals surface area contributed by atoms with Crippen molar-refractivity contribution in [1.29, 1.82) is 0 Å². The Hall–Kier alpha value is -1.17. The molecule has 0 saturated heterocycles. The minimum Gasteiger partial charge on any atom is -0.379 e. The second-order valence-electron chi connectivity index (χ2n) is 3.62. The molecule has 96 valence electrons. The van der Waals surface area contributed by atoms with Crippen LogP contribution in [0.5, 0.6) is 0 Å². The maximum Gasteiger partial charge on any atom is 0.255 e. The van der Waals surface area contributed by atoms with Gasteiger partial charge in [-0.3, -0.25) is 0 Å². The molecule has 0 atom stereocenters. The van der Waals surface area contributed by atoms with Gasteiger partial charge in [-0.05, 0) is 30.7 Å². The smallest absolute Gasteiger partial charge is 0.255 e. The fourth-order valence-electron chi connectivity index (χ4n) is 1.36. The van der Waals surface area contributed by atoms with Gasteiger partial charge in [0.05, 0.1) is 17.2 Å². The highest BCUT2D eigenvalue weighted by Crippen LogP contribution is 2.16. The van der Waals surface area contributed by atoms with Crippen LogP contribution in [0.15, 0.2) is 29.2 Å². The second-order valence-corrected chi connectivity index (χ2v) is 5.72. The maximum absolute atomic E-state index is 11.9. The summed E-state index contributed by atoms with van der Waals surface area (Å²) in [7, 11) is -3.23. The monoisotopic (exact) mass is 263 g/mol. The standard InChI is InChI=1S/C11H15F2NO2S/c1-2-7-17(15,16)10-5-3-9(4-6-10)14-8-11(12)13/h3-6,11,14H,2,7-8H2,1H3. The number of benzene rings is 1. The van der Waals surface area contributed by atoms with Gasteiger partial charge in [0, 0.05) is 5.69 Å². The van der Waals surface area contributed by atoms with Crippen LogP contribution in [0.3, 0.4) is 0 Å². The van der Waals surface area contributed by atoms with Gasteiger partial charge in [0.2, 0.25) is 0 Å². The Labute approximate surface area is 99.8 Å². The molecule has 0 amide bonds. The summed E-state index contributed by atoms with van der Waals surface area (Å²) in [4.78, 5) is 0.224. The Kier molecular flexibility index (Phi) is 4.86. The summed E-state index contributed by atoms with van der Waals surface area (Å²) >= 11 is 0. The molecule has 1 rings (SSSR count). The first-order chi connectivity index (χ1) is 7.95. The van der Waals surface area contributed by atoms with E-state index in [0.29, 0.717) is 12.1 Å². The van der Waals surface area contributed by atoms with E-state index in [9.17, 15) is 17.2 Å². The topological polar surface area (TPSA) is 46.2 Å². The predicted molar refractivity (Wildman–Crippen MR) is 63.3 cm³/mol. The van der Waals surface area contributed by atoms with Crippen molar-refractivity contribution in [2.75, 3.05) is 17.6 Å². The van der Waals surface area contributed by atoms with E-state index in [1.807, 2.05) is 0 Å². The summed E-state index contributed by atoms with van der Waals surface area (Å²) in [5, 5.41) is 2.51. The molecule has 0 saturated carbocycles. The number of alkyl halides is 2. The van der Waals surface area contributed by atoms with Gasteiger partial charge in [0.15, 0.2) is 9.84 Å². The van der Waals surface area contributed by atoms with Crippen molar-refractivity contribution in [3.05, 3.63) is 24.3 Å².